The van der Waals surface area contributed by atoms with E-state index in [2.05, 4.69) is 23.2 Å². The van der Waals surface area contributed by atoms with Gasteiger partial charge >= 0.3 is 0 Å². The van der Waals surface area contributed by atoms with Crippen LogP contribution in [0.15, 0.2) is 48.5 Å². The Bertz CT molecular complexity index is 872. The van der Waals surface area contributed by atoms with Crippen molar-refractivity contribution in [2.24, 2.45) is 0 Å². The van der Waals surface area contributed by atoms with E-state index in [0.717, 1.165) is 28.1 Å². The minimum atomic E-state index is 0.0165. The average molecular weight is 352 g/mol. The van der Waals surface area contributed by atoms with Crippen LogP contribution in [0.3, 0.4) is 0 Å². The number of rotatable bonds is 5. The zero-order chi connectivity index (χ0) is 17.2. The van der Waals surface area contributed by atoms with Crippen molar-refractivity contribution in [2.75, 3.05) is 13.7 Å². The van der Waals surface area contributed by atoms with Crippen LogP contribution in [0.4, 0.5) is 0 Å². The van der Waals surface area contributed by atoms with E-state index >= 15 is 0 Å². The van der Waals surface area contributed by atoms with E-state index in [1.165, 1.54) is 11.1 Å². The SMILES string of the molecule is CN(C(=O)COCc1nc2ccccc2s1)C1CCc2ccccc21. The molecule has 1 aliphatic carbocycles. The molecule has 25 heavy (non-hydrogen) atoms. The van der Waals surface area contributed by atoms with Gasteiger partial charge in [-0.2, -0.15) is 0 Å². The molecule has 3 aromatic rings. The number of aryl methyl sites for hydroxylation is 1. The topological polar surface area (TPSA) is 42.4 Å². The molecule has 128 valence electrons. The molecule has 0 saturated carbocycles. The van der Waals surface area contributed by atoms with Gasteiger partial charge in [-0.05, 0) is 36.1 Å². The van der Waals surface area contributed by atoms with Gasteiger partial charge in [-0.3, -0.25) is 4.79 Å². The maximum atomic E-state index is 12.5. The van der Waals surface area contributed by atoms with Crippen LogP contribution in [-0.4, -0.2) is 29.4 Å². The minimum absolute atomic E-state index is 0.0165. The number of ether oxygens (including phenoxy) is 1. The van der Waals surface area contributed by atoms with E-state index in [0.29, 0.717) is 6.61 Å². The number of carbonyl (C=O) groups excluding carboxylic acids is 1. The Labute approximate surface area is 151 Å². The van der Waals surface area contributed by atoms with Crippen LogP contribution >= 0.6 is 11.3 Å². The molecule has 1 atom stereocenters. The first-order valence-corrected chi connectivity index (χ1v) is 9.29. The van der Waals surface area contributed by atoms with Gasteiger partial charge in [0.05, 0.1) is 22.9 Å². The van der Waals surface area contributed by atoms with Crippen molar-refractivity contribution < 1.29 is 9.53 Å². The van der Waals surface area contributed by atoms with E-state index in [9.17, 15) is 4.79 Å². The lowest BCUT2D eigenvalue weighted by Gasteiger charge is -2.25. The van der Waals surface area contributed by atoms with Gasteiger partial charge in [-0.25, -0.2) is 4.98 Å². The van der Waals surface area contributed by atoms with Crippen molar-refractivity contribution >= 4 is 27.5 Å². The molecular formula is C20H20N2O2S. The summed E-state index contributed by atoms with van der Waals surface area (Å²) < 4.78 is 6.78. The zero-order valence-electron chi connectivity index (χ0n) is 14.1. The third-order valence-corrected chi connectivity index (χ3v) is 5.76. The molecule has 1 unspecified atom stereocenters. The fraction of sp³-hybridized carbons (Fsp3) is 0.300. The Morgan fingerprint density at radius 1 is 1.24 bits per heavy atom. The molecule has 1 aliphatic rings. The maximum absolute atomic E-state index is 12.5. The Kier molecular flexibility index (Phi) is 4.51. The highest BCUT2D eigenvalue weighted by Gasteiger charge is 2.28. The molecule has 5 heteroatoms. The summed E-state index contributed by atoms with van der Waals surface area (Å²) in [7, 11) is 1.87. The smallest absolute Gasteiger partial charge is 0.248 e. The molecule has 1 heterocycles. The molecule has 1 aromatic heterocycles. The van der Waals surface area contributed by atoms with Crippen LogP contribution < -0.4 is 0 Å². The molecule has 0 bridgehead atoms. The number of nitrogens with zero attached hydrogens (tertiary/aromatic N) is 2. The molecule has 2 aromatic carbocycles. The molecular weight excluding hydrogens is 332 g/mol. The van der Waals surface area contributed by atoms with Crippen LogP contribution in [0, 0.1) is 0 Å². The Hall–Kier alpha value is -2.24. The molecule has 0 fully saturated rings. The summed E-state index contributed by atoms with van der Waals surface area (Å²) in [4.78, 5) is 18.8. The highest BCUT2D eigenvalue weighted by atomic mass is 32.1. The van der Waals surface area contributed by atoms with Crippen molar-refractivity contribution in [3.05, 3.63) is 64.7 Å². The van der Waals surface area contributed by atoms with Crippen LogP contribution in [0.5, 0.6) is 0 Å². The molecule has 0 aliphatic heterocycles. The largest absolute Gasteiger partial charge is 0.364 e. The number of fused-ring (bicyclic) bond motifs is 2. The quantitative estimate of drug-likeness (QED) is 0.698. The predicted molar refractivity (Wildman–Crippen MR) is 99.6 cm³/mol. The lowest BCUT2D eigenvalue weighted by molar-refractivity contribution is -0.137. The molecule has 0 N–H and O–H groups in total. The summed E-state index contributed by atoms with van der Waals surface area (Å²) in [5.74, 6) is 0.0165. The molecule has 0 saturated heterocycles. The highest BCUT2D eigenvalue weighted by Crippen LogP contribution is 2.34. The second-order valence-corrected chi connectivity index (χ2v) is 7.44. The van der Waals surface area contributed by atoms with Crippen molar-refractivity contribution in [1.82, 2.24) is 9.88 Å². The number of hydrogen-bond donors (Lipinski definition) is 0. The van der Waals surface area contributed by atoms with Crippen molar-refractivity contribution in [3.63, 3.8) is 0 Å². The summed E-state index contributed by atoms with van der Waals surface area (Å²) in [5.41, 5.74) is 3.60. The van der Waals surface area contributed by atoms with Crippen molar-refractivity contribution in [1.29, 1.82) is 0 Å². The van der Waals surface area contributed by atoms with Crippen LogP contribution in [0.25, 0.3) is 10.2 Å². The zero-order valence-corrected chi connectivity index (χ0v) is 15.0. The molecule has 4 rings (SSSR count). The minimum Gasteiger partial charge on any atom is -0.364 e. The predicted octanol–water partition coefficient (Wildman–Crippen LogP) is 3.96. The van der Waals surface area contributed by atoms with Crippen LogP contribution in [0.2, 0.25) is 0 Å². The van der Waals surface area contributed by atoms with Crippen molar-refractivity contribution in [3.8, 4) is 0 Å². The molecule has 1 amide bonds. The van der Waals surface area contributed by atoms with E-state index < -0.39 is 0 Å². The van der Waals surface area contributed by atoms with Gasteiger partial charge in [0.1, 0.15) is 11.6 Å². The Morgan fingerprint density at radius 3 is 2.92 bits per heavy atom. The molecule has 0 spiro atoms. The van der Waals surface area contributed by atoms with Gasteiger partial charge in [-0.1, -0.05) is 36.4 Å². The number of carbonyl (C=O) groups is 1. The molecule has 4 nitrogen and oxygen atoms in total. The first kappa shape index (κ1) is 16.2. The number of para-hydroxylation sites is 1. The second-order valence-electron chi connectivity index (χ2n) is 6.33. The fourth-order valence-corrected chi connectivity index (χ4v) is 4.32. The van der Waals surface area contributed by atoms with Gasteiger partial charge < -0.3 is 9.64 Å². The number of amides is 1. The number of hydrogen-bond acceptors (Lipinski definition) is 4. The first-order chi connectivity index (χ1) is 12.2. The summed E-state index contributed by atoms with van der Waals surface area (Å²) >= 11 is 1.61. The van der Waals surface area contributed by atoms with E-state index in [1.54, 1.807) is 11.3 Å². The van der Waals surface area contributed by atoms with E-state index in [1.807, 2.05) is 42.3 Å². The van der Waals surface area contributed by atoms with Crippen LogP contribution in [0.1, 0.15) is 28.6 Å². The van der Waals surface area contributed by atoms with Gasteiger partial charge in [0, 0.05) is 7.05 Å². The van der Waals surface area contributed by atoms with Gasteiger partial charge in [0.2, 0.25) is 5.91 Å². The monoisotopic (exact) mass is 352 g/mol. The summed E-state index contributed by atoms with van der Waals surface area (Å²) in [6, 6.07) is 16.6. The summed E-state index contributed by atoms with van der Waals surface area (Å²) in [6.45, 7) is 0.464. The maximum Gasteiger partial charge on any atom is 0.248 e. The lowest BCUT2D eigenvalue weighted by Crippen LogP contribution is -2.33. The Balaban J connectivity index is 1.34. The number of likely N-dealkylation sites (N-methyl/N-ethyl adjacent to an activating group) is 1. The second kappa shape index (κ2) is 6.94. The van der Waals surface area contributed by atoms with Gasteiger partial charge in [0.15, 0.2) is 0 Å². The van der Waals surface area contributed by atoms with E-state index in [4.69, 9.17) is 4.74 Å². The van der Waals surface area contributed by atoms with Gasteiger partial charge in [-0.15, -0.1) is 11.3 Å². The Morgan fingerprint density at radius 2 is 2.04 bits per heavy atom. The first-order valence-electron chi connectivity index (χ1n) is 8.48. The van der Waals surface area contributed by atoms with Crippen molar-refractivity contribution in [2.45, 2.75) is 25.5 Å². The lowest BCUT2D eigenvalue weighted by atomic mass is 10.1. The summed E-state index contributed by atoms with van der Waals surface area (Å²) in [5, 5.41) is 0.905. The number of benzene rings is 2. The average Bonchev–Trinajstić information content (AvgIpc) is 3.24. The normalized spacial score (nSPS) is 16.1. The number of aromatic nitrogens is 1. The number of thiazole rings is 1. The fourth-order valence-electron chi connectivity index (χ4n) is 3.42. The van der Waals surface area contributed by atoms with E-state index in [-0.39, 0.29) is 18.6 Å². The highest BCUT2D eigenvalue weighted by molar-refractivity contribution is 7.18. The standard InChI is InChI=1S/C20H20N2O2S/c1-22(17-11-10-14-6-2-3-7-15(14)17)20(23)13-24-12-19-21-16-8-4-5-9-18(16)25-19/h2-9,17H,10-13H2,1H3. The summed E-state index contributed by atoms with van der Waals surface area (Å²) in [6.07, 6.45) is 2.02. The van der Waals surface area contributed by atoms with Gasteiger partial charge in [0.25, 0.3) is 0 Å². The third kappa shape index (κ3) is 3.30. The molecule has 0 radical (unpaired) electrons. The third-order valence-electron chi connectivity index (χ3n) is 4.75. The van der Waals surface area contributed by atoms with Crippen LogP contribution in [-0.2, 0) is 22.6 Å².